The summed E-state index contributed by atoms with van der Waals surface area (Å²) in [5.74, 6) is 0. The van der Waals surface area contributed by atoms with Crippen molar-refractivity contribution in [1.82, 2.24) is 19.8 Å². The average molecular weight is 176 g/mol. The van der Waals surface area contributed by atoms with Gasteiger partial charge in [-0.2, -0.15) is 4.52 Å². The Morgan fingerprint density at radius 3 is 3.33 bits per heavy atom. The molecule has 0 aliphatic rings. The van der Waals surface area contributed by atoms with Gasteiger partial charge in [0.25, 0.3) is 0 Å². The molecule has 0 aliphatic heterocycles. The fourth-order valence-corrected chi connectivity index (χ4v) is 2.01. The van der Waals surface area contributed by atoms with Crippen LogP contribution in [0.5, 0.6) is 0 Å². The summed E-state index contributed by atoms with van der Waals surface area (Å²) in [5.41, 5.74) is 0.796. The summed E-state index contributed by atoms with van der Waals surface area (Å²) in [6.45, 7) is 0. The van der Waals surface area contributed by atoms with Gasteiger partial charge in [0.2, 0.25) is 0 Å². The third kappa shape index (κ3) is 0.634. The summed E-state index contributed by atoms with van der Waals surface area (Å²) in [6, 6.07) is 2.02. The summed E-state index contributed by atoms with van der Waals surface area (Å²) in [7, 11) is 0. The summed E-state index contributed by atoms with van der Waals surface area (Å²) >= 11 is 1.64. The van der Waals surface area contributed by atoms with Gasteiger partial charge >= 0.3 is 0 Å². The zero-order valence-corrected chi connectivity index (χ0v) is 6.82. The van der Waals surface area contributed by atoms with Crippen LogP contribution in [0.15, 0.2) is 23.8 Å². The molecular formula is C7H4N4S. The number of aromatic nitrogens is 4. The quantitative estimate of drug-likeness (QED) is 0.519. The van der Waals surface area contributed by atoms with E-state index in [1.807, 2.05) is 17.6 Å². The molecule has 3 heterocycles. The molecule has 0 aromatic carbocycles. The van der Waals surface area contributed by atoms with Crippen LogP contribution in [-0.4, -0.2) is 19.8 Å². The van der Waals surface area contributed by atoms with Crippen molar-refractivity contribution in [3.8, 4) is 0 Å². The largest absolute Gasteiger partial charge is 0.235 e. The molecule has 0 aliphatic carbocycles. The lowest BCUT2D eigenvalue weighted by Gasteiger charge is -1.90. The van der Waals surface area contributed by atoms with Crippen LogP contribution in [0, 0.1) is 0 Å². The van der Waals surface area contributed by atoms with Gasteiger partial charge in [-0.25, -0.2) is 4.98 Å². The molecule has 5 heteroatoms. The van der Waals surface area contributed by atoms with Crippen molar-refractivity contribution >= 4 is 27.2 Å². The van der Waals surface area contributed by atoms with Crippen LogP contribution in [0.1, 0.15) is 0 Å². The minimum atomic E-state index is 0.796. The minimum absolute atomic E-state index is 0.796. The predicted octanol–water partition coefficient (Wildman–Crippen LogP) is 1.34. The van der Waals surface area contributed by atoms with Crippen LogP contribution in [0.3, 0.4) is 0 Å². The SMILES string of the molecule is c1cc2cnc3cnnn3c2s1. The second-order valence-corrected chi connectivity index (χ2v) is 3.34. The maximum atomic E-state index is 4.19. The first-order chi connectivity index (χ1) is 5.95. The van der Waals surface area contributed by atoms with E-state index in [1.165, 1.54) is 0 Å². The topological polar surface area (TPSA) is 43.1 Å². The van der Waals surface area contributed by atoms with Gasteiger partial charge in [-0.1, -0.05) is 5.21 Å². The molecule has 0 saturated carbocycles. The third-order valence-electron chi connectivity index (χ3n) is 1.73. The van der Waals surface area contributed by atoms with Crippen molar-refractivity contribution in [2.75, 3.05) is 0 Å². The lowest BCUT2D eigenvalue weighted by Crippen LogP contribution is -1.88. The van der Waals surface area contributed by atoms with Crippen LogP contribution >= 0.6 is 11.3 Å². The van der Waals surface area contributed by atoms with Crippen LogP contribution < -0.4 is 0 Å². The maximum absolute atomic E-state index is 4.19. The smallest absolute Gasteiger partial charge is 0.177 e. The summed E-state index contributed by atoms with van der Waals surface area (Å²) in [4.78, 5) is 5.28. The number of hydrogen-bond donors (Lipinski definition) is 0. The molecule has 58 valence electrons. The Hall–Kier alpha value is -1.49. The van der Waals surface area contributed by atoms with Gasteiger partial charge in [0.1, 0.15) is 4.83 Å². The Bertz CT molecular complexity index is 489. The van der Waals surface area contributed by atoms with Gasteiger partial charge in [-0.15, -0.1) is 16.4 Å². The highest BCUT2D eigenvalue weighted by atomic mass is 32.1. The zero-order valence-electron chi connectivity index (χ0n) is 6.01. The van der Waals surface area contributed by atoms with E-state index < -0.39 is 0 Å². The highest BCUT2D eigenvalue weighted by Gasteiger charge is 2.02. The van der Waals surface area contributed by atoms with E-state index in [2.05, 4.69) is 15.3 Å². The van der Waals surface area contributed by atoms with Crippen molar-refractivity contribution in [2.45, 2.75) is 0 Å². The zero-order chi connectivity index (χ0) is 7.97. The molecule has 0 unspecified atom stereocenters. The van der Waals surface area contributed by atoms with Crippen LogP contribution in [-0.2, 0) is 0 Å². The van der Waals surface area contributed by atoms with Crippen LogP contribution in [0.2, 0.25) is 0 Å². The van der Waals surface area contributed by atoms with Gasteiger partial charge in [0.15, 0.2) is 5.65 Å². The van der Waals surface area contributed by atoms with E-state index in [1.54, 1.807) is 22.0 Å². The molecule has 0 atom stereocenters. The average Bonchev–Trinajstić information content (AvgIpc) is 2.71. The van der Waals surface area contributed by atoms with E-state index in [9.17, 15) is 0 Å². The molecule has 0 radical (unpaired) electrons. The molecule has 0 N–H and O–H groups in total. The molecule has 0 amide bonds. The lowest BCUT2D eigenvalue weighted by molar-refractivity contribution is 0.880. The Morgan fingerprint density at radius 1 is 1.33 bits per heavy atom. The monoisotopic (exact) mass is 176 g/mol. The molecule has 0 saturated heterocycles. The standard InChI is InChI=1S/C7H4N4S/c1-2-12-7-5(1)3-8-6-4-9-10-11(6)7/h1-4H. The number of thiophene rings is 1. The summed E-state index contributed by atoms with van der Waals surface area (Å²) in [6.07, 6.45) is 3.49. The number of rotatable bonds is 0. The Labute approximate surface area is 71.5 Å². The molecule has 12 heavy (non-hydrogen) atoms. The molecule has 0 fully saturated rings. The first kappa shape index (κ1) is 6.07. The Kier molecular flexibility index (Phi) is 1.02. The van der Waals surface area contributed by atoms with E-state index >= 15 is 0 Å². The first-order valence-electron chi connectivity index (χ1n) is 3.48. The van der Waals surface area contributed by atoms with Crippen LogP contribution in [0.25, 0.3) is 15.9 Å². The van der Waals surface area contributed by atoms with Crippen molar-refractivity contribution in [2.24, 2.45) is 0 Å². The molecule has 4 nitrogen and oxygen atoms in total. The highest BCUT2D eigenvalue weighted by Crippen LogP contribution is 2.19. The Balaban J connectivity index is 2.71. The Morgan fingerprint density at radius 2 is 2.33 bits per heavy atom. The fraction of sp³-hybridized carbons (Fsp3) is 0. The van der Waals surface area contributed by atoms with Gasteiger partial charge in [0, 0.05) is 11.6 Å². The molecule has 3 aromatic heterocycles. The normalized spacial score (nSPS) is 11.3. The molecule has 0 bridgehead atoms. The highest BCUT2D eigenvalue weighted by molar-refractivity contribution is 7.16. The minimum Gasteiger partial charge on any atom is -0.235 e. The molecular weight excluding hydrogens is 172 g/mol. The van der Waals surface area contributed by atoms with Crippen molar-refractivity contribution in [1.29, 1.82) is 0 Å². The van der Waals surface area contributed by atoms with Crippen molar-refractivity contribution < 1.29 is 0 Å². The molecule has 3 rings (SSSR count). The number of fused-ring (bicyclic) bond motifs is 3. The maximum Gasteiger partial charge on any atom is 0.177 e. The van der Waals surface area contributed by atoms with E-state index in [0.717, 1.165) is 15.9 Å². The van der Waals surface area contributed by atoms with Gasteiger partial charge in [-0.3, -0.25) is 0 Å². The third-order valence-corrected chi connectivity index (χ3v) is 2.64. The second-order valence-electron chi connectivity index (χ2n) is 2.44. The predicted molar refractivity (Wildman–Crippen MR) is 46.2 cm³/mol. The van der Waals surface area contributed by atoms with E-state index in [-0.39, 0.29) is 0 Å². The van der Waals surface area contributed by atoms with Gasteiger partial charge < -0.3 is 0 Å². The van der Waals surface area contributed by atoms with Gasteiger partial charge in [0.05, 0.1) is 6.20 Å². The summed E-state index contributed by atoms with van der Waals surface area (Å²) < 4.78 is 1.75. The lowest BCUT2D eigenvalue weighted by atomic mass is 10.4. The number of hydrogen-bond acceptors (Lipinski definition) is 4. The first-order valence-corrected chi connectivity index (χ1v) is 4.36. The van der Waals surface area contributed by atoms with Crippen molar-refractivity contribution in [3.05, 3.63) is 23.8 Å². The number of nitrogens with zero attached hydrogens (tertiary/aromatic N) is 4. The van der Waals surface area contributed by atoms with E-state index in [4.69, 9.17) is 0 Å². The second kappa shape index (κ2) is 2.01. The summed E-state index contributed by atoms with van der Waals surface area (Å²) in [5, 5.41) is 10.9. The molecule has 0 spiro atoms. The van der Waals surface area contributed by atoms with E-state index in [0.29, 0.717) is 0 Å². The fourth-order valence-electron chi connectivity index (χ4n) is 1.18. The van der Waals surface area contributed by atoms with Gasteiger partial charge in [-0.05, 0) is 11.4 Å². The van der Waals surface area contributed by atoms with Crippen LogP contribution in [0.4, 0.5) is 0 Å². The van der Waals surface area contributed by atoms with Crippen molar-refractivity contribution in [3.63, 3.8) is 0 Å². The molecule has 3 aromatic rings.